The van der Waals surface area contributed by atoms with E-state index in [1.807, 2.05) is 30.3 Å². The van der Waals surface area contributed by atoms with E-state index in [4.69, 9.17) is 16.6 Å². The van der Waals surface area contributed by atoms with Gasteiger partial charge in [0, 0.05) is 22.7 Å². The predicted octanol–water partition coefficient (Wildman–Crippen LogP) is 5.91. The number of fused-ring (bicyclic) bond motifs is 2. The monoisotopic (exact) mass is 389 g/mol. The van der Waals surface area contributed by atoms with Crippen molar-refractivity contribution in [3.8, 4) is 0 Å². The average Bonchev–Trinajstić information content (AvgIpc) is 2.84. The molecule has 0 aromatic heterocycles. The van der Waals surface area contributed by atoms with E-state index in [1.54, 1.807) is 0 Å². The zero-order valence-corrected chi connectivity index (χ0v) is 17.0. The Kier molecular flexibility index (Phi) is 5.47. The lowest BCUT2D eigenvalue weighted by atomic mass is 10.00. The molecule has 0 fully saturated rings. The van der Waals surface area contributed by atoms with Crippen molar-refractivity contribution in [2.45, 2.75) is 6.42 Å². The van der Waals surface area contributed by atoms with Gasteiger partial charge >= 0.3 is 0 Å². The number of anilines is 2. The van der Waals surface area contributed by atoms with Crippen LogP contribution < -0.4 is 4.90 Å². The molecule has 0 N–H and O–H groups in total. The Hall–Kier alpha value is -2.62. The number of halogens is 1. The molecule has 0 radical (unpaired) electrons. The largest absolute Gasteiger partial charge is 0.339 e. The highest BCUT2D eigenvalue weighted by Crippen LogP contribution is 2.41. The summed E-state index contributed by atoms with van der Waals surface area (Å²) in [4.78, 5) is 9.70. The normalized spacial score (nSPS) is 13.0. The number of hydrogen-bond donors (Lipinski definition) is 0. The molecule has 3 aromatic rings. The summed E-state index contributed by atoms with van der Waals surface area (Å²) in [5.41, 5.74) is 6.26. The van der Waals surface area contributed by atoms with Crippen molar-refractivity contribution in [3.63, 3.8) is 0 Å². The first kappa shape index (κ1) is 18.7. The summed E-state index contributed by atoms with van der Waals surface area (Å²) in [6.07, 6.45) is 1.07. The third-order valence-corrected chi connectivity index (χ3v) is 5.30. The van der Waals surface area contributed by atoms with Crippen molar-refractivity contribution >= 4 is 34.4 Å². The summed E-state index contributed by atoms with van der Waals surface area (Å²) in [7, 11) is 4.23. The van der Waals surface area contributed by atoms with Crippen LogP contribution in [-0.2, 0) is 0 Å². The molecule has 0 unspecified atom stereocenters. The molecular formula is C24H24ClN3. The van der Waals surface area contributed by atoms with Gasteiger partial charge in [0.25, 0.3) is 0 Å². The second-order valence-corrected chi connectivity index (χ2v) is 7.66. The van der Waals surface area contributed by atoms with Gasteiger partial charge in [-0.1, -0.05) is 60.1 Å². The summed E-state index contributed by atoms with van der Waals surface area (Å²) < 4.78 is 0. The Bertz CT molecular complexity index is 1010. The van der Waals surface area contributed by atoms with Crippen molar-refractivity contribution in [3.05, 3.63) is 88.9 Å². The van der Waals surface area contributed by atoms with Crippen molar-refractivity contribution in [2.24, 2.45) is 4.99 Å². The summed E-state index contributed by atoms with van der Waals surface area (Å²) in [6.45, 7) is 1.97. The fourth-order valence-electron chi connectivity index (χ4n) is 3.65. The number of para-hydroxylation sites is 3. The third-order valence-electron chi connectivity index (χ3n) is 4.97. The van der Waals surface area contributed by atoms with E-state index in [1.165, 1.54) is 5.69 Å². The second kappa shape index (κ2) is 8.17. The van der Waals surface area contributed by atoms with Gasteiger partial charge in [-0.3, -0.25) is 0 Å². The predicted molar refractivity (Wildman–Crippen MR) is 120 cm³/mol. The SMILES string of the molecule is CN(C)CCCN1c2ccccc2N=C(c2ccccc2Cl)c2ccccc21. The van der Waals surface area contributed by atoms with Gasteiger partial charge in [-0.05, 0) is 51.3 Å². The van der Waals surface area contributed by atoms with Crippen LogP contribution in [0.2, 0.25) is 5.02 Å². The molecule has 0 atom stereocenters. The smallest absolute Gasteiger partial charge is 0.0874 e. The first-order chi connectivity index (χ1) is 13.6. The fraction of sp³-hybridized carbons (Fsp3) is 0.208. The number of benzene rings is 3. The quantitative estimate of drug-likeness (QED) is 0.540. The minimum atomic E-state index is 0.717. The van der Waals surface area contributed by atoms with E-state index in [0.717, 1.165) is 52.7 Å². The van der Waals surface area contributed by atoms with Crippen LogP contribution in [0.15, 0.2) is 77.8 Å². The highest BCUT2D eigenvalue weighted by atomic mass is 35.5. The topological polar surface area (TPSA) is 18.8 Å². The van der Waals surface area contributed by atoms with Gasteiger partial charge < -0.3 is 9.80 Å². The molecule has 1 aliphatic rings. The van der Waals surface area contributed by atoms with Crippen LogP contribution in [0.3, 0.4) is 0 Å². The Morgan fingerprint density at radius 3 is 2.21 bits per heavy atom. The third kappa shape index (κ3) is 3.68. The van der Waals surface area contributed by atoms with Crippen LogP contribution in [-0.4, -0.2) is 37.8 Å². The lowest BCUT2D eigenvalue weighted by Gasteiger charge is -2.27. The molecule has 0 spiro atoms. The zero-order valence-electron chi connectivity index (χ0n) is 16.3. The minimum absolute atomic E-state index is 0.717. The van der Waals surface area contributed by atoms with Gasteiger partial charge in [-0.25, -0.2) is 4.99 Å². The summed E-state index contributed by atoms with van der Waals surface area (Å²) in [5, 5.41) is 0.717. The Balaban J connectivity index is 1.88. The molecule has 0 amide bonds. The summed E-state index contributed by atoms with van der Waals surface area (Å²) in [6, 6.07) is 24.8. The van der Waals surface area contributed by atoms with Crippen molar-refractivity contribution in [2.75, 3.05) is 32.1 Å². The van der Waals surface area contributed by atoms with Gasteiger partial charge in [0.1, 0.15) is 0 Å². The molecule has 28 heavy (non-hydrogen) atoms. The highest BCUT2D eigenvalue weighted by Gasteiger charge is 2.24. The van der Waals surface area contributed by atoms with Crippen LogP contribution in [0, 0.1) is 0 Å². The van der Waals surface area contributed by atoms with Gasteiger partial charge in [-0.15, -0.1) is 0 Å². The lowest BCUT2D eigenvalue weighted by Crippen LogP contribution is -2.24. The first-order valence-electron chi connectivity index (χ1n) is 9.59. The van der Waals surface area contributed by atoms with Crippen molar-refractivity contribution in [1.82, 2.24) is 4.90 Å². The van der Waals surface area contributed by atoms with Gasteiger partial charge in [-0.2, -0.15) is 0 Å². The van der Waals surface area contributed by atoms with Crippen molar-refractivity contribution in [1.29, 1.82) is 0 Å². The minimum Gasteiger partial charge on any atom is -0.339 e. The lowest BCUT2D eigenvalue weighted by molar-refractivity contribution is 0.402. The standard InChI is InChI=1S/C24H24ClN3/c1-27(2)16-9-17-28-22-14-7-4-11-19(22)24(18-10-3-5-12-20(18)25)26-21-13-6-8-15-23(21)28/h3-8,10-15H,9,16-17H2,1-2H3. The molecule has 0 bridgehead atoms. The maximum Gasteiger partial charge on any atom is 0.0874 e. The maximum atomic E-state index is 6.56. The van der Waals surface area contributed by atoms with Crippen LogP contribution in [0.4, 0.5) is 17.1 Å². The van der Waals surface area contributed by atoms with Gasteiger partial charge in [0.15, 0.2) is 0 Å². The fourth-order valence-corrected chi connectivity index (χ4v) is 3.88. The van der Waals surface area contributed by atoms with Crippen LogP contribution in [0.25, 0.3) is 0 Å². The number of nitrogens with zero attached hydrogens (tertiary/aromatic N) is 3. The number of rotatable bonds is 5. The first-order valence-corrected chi connectivity index (χ1v) is 9.97. The Morgan fingerprint density at radius 2 is 1.46 bits per heavy atom. The molecular weight excluding hydrogens is 366 g/mol. The average molecular weight is 390 g/mol. The van der Waals surface area contributed by atoms with Crippen LogP contribution in [0.5, 0.6) is 0 Å². The Labute approximate surface area is 171 Å². The van der Waals surface area contributed by atoms with E-state index < -0.39 is 0 Å². The van der Waals surface area contributed by atoms with Crippen molar-refractivity contribution < 1.29 is 0 Å². The van der Waals surface area contributed by atoms with Gasteiger partial charge in [0.05, 0.1) is 22.8 Å². The number of hydrogen-bond acceptors (Lipinski definition) is 3. The number of aliphatic imine (C=N–C) groups is 1. The second-order valence-electron chi connectivity index (χ2n) is 7.25. The molecule has 3 aromatic carbocycles. The highest BCUT2D eigenvalue weighted by molar-refractivity contribution is 6.36. The van der Waals surface area contributed by atoms with E-state index in [9.17, 15) is 0 Å². The zero-order chi connectivity index (χ0) is 19.5. The molecule has 1 aliphatic heterocycles. The van der Waals surface area contributed by atoms with Crippen LogP contribution in [0.1, 0.15) is 17.5 Å². The summed E-state index contributed by atoms with van der Waals surface area (Å²) >= 11 is 6.56. The molecule has 3 nitrogen and oxygen atoms in total. The molecule has 4 rings (SSSR count). The van der Waals surface area contributed by atoms with E-state index >= 15 is 0 Å². The van der Waals surface area contributed by atoms with E-state index in [2.05, 4.69) is 66.4 Å². The van der Waals surface area contributed by atoms with E-state index in [0.29, 0.717) is 0 Å². The molecule has 0 saturated carbocycles. The molecule has 1 heterocycles. The van der Waals surface area contributed by atoms with Crippen LogP contribution >= 0.6 is 11.6 Å². The van der Waals surface area contributed by atoms with E-state index in [-0.39, 0.29) is 0 Å². The Morgan fingerprint density at radius 1 is 0.821 bits per heavy atom. The maximum absolute atomic E-state index is 6.56. The molecule has 4 heteroatoms. The molecule has 142 valence electrons. The molecule has 0 saturated heterocycles. The van der Waals surface area contributed by atoms with Gasteiger partial charge in [0.2, 0.25) is 0 Å². The summed E-state index contributed by atoms with van der Waals surface area (Å²) in [5.74, 6) is 0. The molecule has 0 aliphatic carbocycles.